The molecule has 1 aromatic carbocycles. The number of carbonyl (C=O) groups is 1. The third-order valence-corrected chi connectivity index (χ3v) is 4.02. The second kappa shape index (κ2) is 6.32. The van der Waals surface area contributed by atoms with E-state index >= 15 is 0 Å². The fourth-order valence-corrected chi connectivity index (χ4v) is 2.86. The maximum atomic E-state index is 11.4. The number of anilines is 1. The zero-order chi connectivity index (χ0) is 15.5. The number of benzene rings is 1. The molecule has 3 N–H and O–H groups in total. The molecule has 0 aliphatic rings. The first kappa shape index (κ1) is 15.6. The van der Waals surface area contributed by atoms with Crippen molar-refractivity contribution >= 4 is 34.3 Å². The molecule has 2 rings (SSSR count). The molecule has 0 spiro atoms. The van der Waals surface area contributed by atoms with Gasteiger partial charge in [-0.3, -0.25) is 4.98 Å². The van der Waals surface area contributed by atoms with Gasteiger partial charge in [0, 0.05) is 23.9 Å². The van der Waals surface area contributed by atoms with E-state index in [0.29, 0.717) is 11.4 Å². The molecule has 0 radical (unpaired) electrons. The molecule has 1 aromatic heterocycles. The first-order valence-electron chi connectivity index (χ1n) is 6.51. The van der Waals surface area contributed by atoms with Crippen molar-refractivity contribution in [2.45, 2.75) is 12.5 Å². The van der Waals surface area contributed by atoms with Crippen LogP contribution in [0.15, 0.2) is 30.5 Å². The average molecular weight is 306 g/mol. The number of para-hydroxylation sites is 1. The molecule has 112 valence electrons. The van der Waals surface area contributed by atoms with Crippen LogP contribution in [0.25, 0.3) is 10.9 Å². The van der Waals surface area contributed by atoms with Crippen LogP contribution in [0.1, 0.15) is 17.3 Å². The molecule has 6 heteroatoms. The van der Waals surface area contributed by atoms with Crippen molar-refractivity contribution in [1.82, 2.24) is 4.98 Å². The molecule has 2 aromatic rings. The molecule has 0 bridgehead atoms. The summed E-state index contributed by atoms with van der Waals surface area (Å²) in [7, 11) is 0. The van der Waals surface area contributed by atoms with Gasteiger partial charge in [-0.1, -0.05) is 18.2 Å². The van der Waals surface area contributed by atoms with E-state index in [2.05, 4.69) is 10.3 Å². The van der Waals surface area contributed by atoms with Crippen LogP contribution in [0.5, 0.6) is 0 Å². The lowest BCUT2D eigenvalue weighted by Gasteiger charge is -2.24. The smallest absolute Gasteiger partial charge is 0.339 e. The number of nitrogens with one attached hydrogen (secondary N) is 1. The number of thioether (sulfide) groups is 1. The number of nitrogens with zero attached hydrogens (tertiary/aromatic N) is 1. The van der Waals surface area contributed by atoms with Gasteiger partial charge < -0.3 is 15.5 Å². The molecular formula is C15H18N2O3S. The van der Waals surface area contributed by atoms with Gasteiger partial charge in [0.25, 0.3) is 0 Å². The zero-order valence-corrected chi connectivity index (χ0v) is 12.8. The normalized spacial score (nSPS) is 13.9. The highest BCUT2D eigenvalue weighted by Crippen LogP contribution is 2.26. The lowest BCUT2D eigenvalue weighted by Crippen LogP contribution is -2.36. The first-order valence-corrected chi connectivity index (χ1v) is 7.90. The molecule has 5 nitrogen and oxygen atoms in total. The Balaban J connectivity index is 2.40. The van der Waals surface area contributed by atoms with Crippen molar-refractivity contribution in [2.24, 2.45) is 0 Å². The molecule has 21 heavy (non-hydrogen) atoms. The Kier molecular flexibility index (Phi) is 4.69. The minimum absolute atomic E-state index is 0.105. The Hall–Kier alpha value is -1.79. The van der Waals surface area contributed by atoms with Gasteiger partial charge in [0.05, 0.1) is 16.8 Å². The van der Waals surface area contributed by atoms with Crippen LogP contribution >= 0.6 is 11.8 Å². The third kappa shape index (κ3) is 3.65. The monoisotopic (exact) mass is 306 g/mol. The Labute approximate surface area is 127 Å². The number of aromatic carboxylic acids is 1. The summed E-state index contributed by atoms with van der Waals surface area (Å²) in [5.74, 6) is -0.480. The van der Waals surface area contributed by atoms with E-state index in [9.17, 15) is 15.0 Å². The van der Waals surface area contributed by atoms with Crippen molar-refractivity contribution in [3.05, 3.63) is 36.0 Å². The number of carboxylic acid groups (broad SMARTS) is 1. The molecule has 0 aliphatic carbocycles. The van der Waals surface area contributed by atoms with E-state index in [1.807, 2.05) is 30.5 Å². The van der Waals surface area contributed by atoms with Crippen molar-refractivity contribution < 1.29 is 15.0 Å². The molecule has 1 unspecified atom stereocenters. The molecule has 0 fully saturated rings. The molecular weight excluding hydrogens is 288 g/mol. The van der Waals surface area contributed by atoms with Gasteiger partial charge in [-0.2, -0.15) is 11.8 Å². The van der Waals surface area contributed by atoms with Crippen LogP contribution in [0.2, 0.25) is 0 Å². The van der Waals surface area contributed by atoms with Crippen LogP contribution in [0, 0.1) is 0 Å². The Bertz CT molecular complexity index is 658. The van der Waals surface area contributed by atoms with Gasteiger partial charge in [-0.15, -0.1) is 0 Å². The van der Waals surface area contributed by atoms with Gasteiger partial charge in [0.2, 0.25) is 0 Å². The van der Waals surface area contributed by atoms with Crippen molar-refractivity contribution in [1.29, 1.82) is 0 Å². The highest BCUT2D eigenvalue weighted by molar-refractivity contribution is 7.98. The summed E-state index contributed by atoms with van der Waals surface area (Å²) in [5, 5.41) is 23.4. The number of pyridine rings is 1. The average Bonchev–Trinajstić information content (AvgIpc) is 2.44. The highest BCUT2D eigenvalue weighted by atomic mass is 32.2. The summed E-state index contributed by atoms with van der Waals surface area (Å²) in [6, 6.07) is 7.33. The topological polar surface area (TPSA) is 82.5 Å². The Morgan fingerprint density at radius 2 is 2.14 bits per heavy atom. The third-order valence-electron chi connectivity index (χ3n) is 3.11. The minimum Gasteiger partial charge on any atom is -0.478 e. The van der Waals surface area contributed by atoms with Gasteiger partial charge in [0.15, 0.2) is 0 Å². The Morgan fingerprint density at radius 3 is 2.81 bits per heavy atom. The number of aliphatic hydroxyl groups is 1. The Morgan fingerprint density at radius 1 is 1.43 bits per heavy atom. The minimum atomic E-state index is -1.04. The fraction of sp³-hybridized carbons (Fsp3) is 0.333. The SMILES string of the molecule is CSCC(C)(O)CNc1c(C(=O)O)cnc2ccccc12. The lowest BCUT2D eigenvalue weighted by molar-refractivity contribution is 0.0696. The van der Waals surface area contributed by atoms with Crippen LogP contribution < -0.4 is 5.32 Å². The summed E-state index contributed by atoms with van der Waals surface area (Å²) in [4.78, 5) is 15.5. The number of carboxylic acids is 1. The molecule has 0 aliphatic heterocycles. The van der Waals surface area contributed by atoms with E-state index in [0.717, 1.165) is 10.9 Å². The maximum absolute atomic E-state index is 11.4. The molecule has 0 amide bonds. The summed E-state index contributed by atoms with van der Waals surface area (Å²) in [6.07, 6.45) is 3.26. The van der Waals surface area contributed by atoms with E-state index in [1.165, 1.54) is 18.0 Å². The molecule has 1 heterocycles. The molecule has 1 atom stereocenters. The maximum Gasteiger partial charge on any atom is 0.339 e. The molecule has 0 saturated heterocycles. The zero-order valence-electron chi connectivity index (χ0n) is 12.0. The predicted molar refractivity (Wildman–Crippen MR) is 86.2 cm³/mol. The van der Waals surface area contributed by atoms with E-state index < -0.39 is 11.6 Å². The summed E-state index contributed by atoms with van der Waals surface area (Å²) in [6.45, 7) is 1.99. The molecule has 0 saturated carbocycles. The fourth-order valence-electron chi connectivity index (χ4n) is 2.13. The van der Waals surface area contributed by atoms with Gasteiger partial charge in [-0.05, 0) is 19.2 Å². The van der Waals surface area contributed by atoms with E-state index in [-0.39, 0.29) is 12.1 Å². The van der Waals surface area contributed by atoms with E-state index in [4.69, 9.17) is 0 Å². The summed E-state index contributed by atoms with van der Waals surface area (Å²) < 4.78 is 0. The highest BCUT2D eigenvalue weighted by Gasteiger charge is 2.21. The van der Waals surface area contributed by atoms with Crippen LogP contribution in [-0.2, 0) is 0 Å². The number of aromatic nitrogens is 1. The lowest BCUT2D eigenvalue weighted by atomic mass is 10.1. The summed E-state index contributed by atoms with van der Waals surface area (Å²) >= 11 is 1.54. The number of fused-ring (bicyclic) bond motifs is 1. The number of hydrogen-bond donors (Lipinski definition) is 3. The van der Waals surface area contributed by atoms with Crippen LogP contribution in [0.3, 0.4) is 0 Å². The predicted octanol–water partition coefficient (Wildman–Crippen LogP) is 2.46. The first-order chi connectivity index (χ1) is 9.94. The van der Waals surface area contributed by atoms with Crippen LogP contribution in [-0.4, -0.2) is 45.3 Å². The van der Waals surface area contributed by atoms with Gasteiger partial charge in [0.1, 0.15) is 5.56 Å². The number of hydrogen-bond acceptors (Lipinski definition) is 5. The second-order valence-corrected chi connectivity index (χ2v) is 6.02. The van der Waals surface area contributed by atoms with Gasteiger partial charge >= 0.3 is 5.97 Å². The largest absolute Gasteiger partial charge is 0.478 e. The van der Waals surface area contributed by atoms with Crippen molar-refractivity contribution in [3.8, 4) is 0 Å². The van der Waals surface area contributed by atoms with E-state index in [1.54, 1.807) is 6.92 Å². The van der Waals surface area contributed by atoms with Crippen molar-refractivity contribution in [2.75, 3.05) is 23.9 Å². The van der Waals surface area contributed by atoms with Gasteiger partial charge in [-0.25, -0.2) is 4.79 Å². The standard InChI is InChI=1S/C15H18N2O3S/c1-15(20,9-21-2)8-17-13-10-5-3-4-6-12(10)16-7-11(13)14(18)19/h3-7,20H,8-9H2,1-2H3,(H,16,17)(H,18,19). The number of rotatable bonds is 6. The second-order valence-electron chi connectivity index (χ2n) is 5.15. The van der Waals surface area contributed by atoms with Crippen LogP contribution in [0.4, 0.5) is 5.69 Å². The quantitative estimate of drug-likeness (QED) is 0.760. The van der Waals surface area contributed by atoms with Crippen molar-refractivity contribution in [3.63, 3.8) is 0 Å². The summed E-state index contributed by atoms with van der Waals surface area (Å²) in [5.41, 5.74) is 0.400.